The first-order valence-electron chi connectivity index (χ1n) is 10.6. The Balaban J connectivity index is 2.07. The molecular weight excluding hydrogens is 526 g/mol. The van der Waals surface area contributed by atoms with Crippen molar-refractivity contribution in [2.75, 3.05) is 37.5 Å². The number of benzene rings is 3. The van der Waals surface area contributed by atoms with Crippen molar-refractivity contribution in [1.82, 2.24) is 0 Å². The van der Waals surface area contributed by atoms with Gasteiger partial charge in [-0.3, -0.25) is 19.2 Å². The summed E-state index contributed by atoms with van der Waals surface area (Å²) in [4.78, 5) is 23.5. The molecule has 3 aromatic carbocycles. The number of rotatable bonds is 10. The number of amides is 1. The Labute approximate surface area is 218 Å². The molecule has 0 unspecified atom stereocenters. The van der Waals surface area contributed by atoms with Gasteiger partial charge in [0.05, 0.1) is 36.8 Å². The number of nitrogens with one attached hydrogen (secondary N) is 1. The smallest absolute Gasteiger partial charge is 0.273 e. The van der Waals surface area contributed by atoms with Gasteiger partial charge in [0.2, 0.25) is 5.91 Å². The van der Waals surface area contributed by atoms with E-state index in [0.717, 1.165) is 10.4 Å². The van der Waals surface area contributed by atoms with Crippen molar-refractivity contribution in [3.63, 3.8) is 0 Å². The van der Waals surface area contributed by atoms with Crippen molar-refractivity contribution < 1.29 is 32.3 Å². The van der Waals surface area contributed by atoms with Crippen LogP contribution in [0.25, 0.3) is 0 Å². The van der Waals surface area contributed by atoms with Crippen LogP contribution < -0.4 is 23.8 Å². The van der Waals surface area contributed by atoms with Crippen LogP contribution in [-0.2, 0) is 14.8 Å². The average Bonchev–Trinajstić information content (AvgIpc) is 2.87. The fourth-order valence-corrected chi connectivity index (χ4v) is 5.09. The highest BCUT2D eigenvalue weighted by Gasteiger charge is 2.31. The lowest BCUT2D eigenvalue weighted by atomic mass is 10.2. The van der Waals surface area contributed by atoms with E-state index in [1.807, 2.05) is 0 Å². The van der Waals surface area contributed by atoms with Crippen LogP contribution in [0.3, 0.4) is 0 Å². The van der Waals surface area contributed by atoms with Gasteiger partial charge in [-0.05, 0) is 43.3 Å². The predicted molar refractivity (Wildman–Crippen MR) is 139 cm³/mol. The SMILES string of the molecule is COc1ccc(NC(=O)CN(c2cc(Cl)ccc2OC)S(=O)(=O)c2ccc(C)c([N+](=O)[O-])c2)cc1OC. The van der Waals surface area contributed by atoms with Crippen molar-refractivity contribution in [2.24, 2.45) is 0 Å². The molecule has 3 rings (SSSR count). The molecule has 13 heteroatoms. The summed E-state index contributed by atoms with van der Waals surface area (Å²) < 4.78 is 44.0. The highest BCUT2D eigenvalue weighted by Crippen LogP contribution is 2.36. The number of aryl methyl sites for hydroxylation is 1. The van der Waals surface area contributed by atoms with Crippen LogP contribution in [0.2, 0.25) is 5.02 Å². The molecule has 196 valence electrons. The fourth-order valence-electron chi connectivity index (χ4n) is 3.48. The van der Waals surface area contributed by atoms with Crippen LogP contribution in [0.15, 0.2) is 59.5 Å². The number of anilines is 2. The molecule has 0 saturated carbocycles. The largest absolute Gasteiger partial charge is 0.495 e. The minimum atomic E-state index is -4.50. The maximum atomic E-state index is 13.8. The Hall–Kier alpha value is -4.03. The van der Waals surface area contributed by atoms with E-state index in [2.05, 4.69) is 5.32 Å². The van der Waals surface area contributed by atoms with Gasteiger partial charge >= 0.3 is 0 Å². The normalized spacial score (nSPS) is 10.9. The van der Waals surface area contributed by atoms with Crippen LogP contribution >= 0.6 is 11.6 Å². The number of ether oxygens (including phenoxy) is 3. The number of methoxy groups -OCH3 is 3. The standard InChI is InChI=1S/C24H24ClN3O8S/c1-15-5-8-18(13-19(15)28(30)31)37(32,33)27(20-11-16(25)6-9-21(20)34-2)14-24(29)26-17-7-10-22(35-3)23(12-17)36-4/h5-13H,14H2,1-4H3,(H,26,29). The van der Waals surface area contributed by atoms with E-state index in [-0.39, 0.29) is 32.6 Å². The van der Waals surface area contributed by atoms with Gasteiger partial charge in [0.25, 0.3) is 15.7 Å². The van der Waals surface area contributed by atoms with E-state index in [1.54, 1.807) is 12.1 Å². The number of nitro benzene ring substituents is 1. The summed E-state index contributed by atoms with van der Waals surface area (Å²) >= 11 is 6.14. The first-order chi connectivity index (χ1) is 17.5. The van der Waals surface area contributed by atoms with E-state index < -0.39 is 27.4 Å². The van der Waals surface area contributed by atoms with Crippen LogP contribution in [0.1, 0.15) is 5.56 Å². The second kappa shape index (κ2) is 11.4. The van der Waals surface area contributed by atoms with Gasteiger partial charge in [0.15, 0.2) is 11.5 Å². The second-order valence-electron chi connectivity index (χ2n) is 7.65. The molecule has 0 fully saturated rings. The molecule has 0 atom stereocenters. The lowest BCUT2D eigenvalue weighted by molar-refractivity contribution is -0.385. The maximum absolute atomic E-state index is 13.8. The minimum absolute atomic E-state index is 0.0271. The van der Waals surface area contributed by atoms with Gasteiger partial charge in [0, 0.05) is 28.4 Å². The maximum Gasteiger partial charge on any atom is 0.273 e. The van der Waals surface area contributed by atoms with E-state index in [0.29, 0.717) is 17.2 Å². The zero-order valence-electron chi connectivity index (χ0n) is 20.3. The zero-order chi connectivity index (χ0) is 27.3. The summed E-state index contributed by atoms with van der Waals surface area (Å²) in [6.07, 6.45) is 0. The molecule has 0 aliphatic carbocycles. The number of hydrogen-bond donors (Lipinski definition) is 1. The molecule has 11 nitrogen and oxygen atoms in total. The van der Waals surface area contributed by atoms with Gasteiger partial charge < -0.3 is 19.5 Å². The average molecular weight is 550 g/mol. The first-order valence-corrected chi connectivity index (χ1v) is 12.5. The summed E-state index contributed by atoms with van der Waals surface area (Å²) in [5, 5.41) is 14.2. The summed E-state index contributed by atoms with van der Waals surface area (Å²) in [7, 11) is -0.272. The highest BCUT2D eigenvalue weighted by molar-refractivity contribution is 7.92. The molecule has 37 heavy (non-hydrogen) atoms. The van der Waals surface area contributed by atoms with Crippen LogP contribution in [-0.4, -0.2) is 47.1 Å². The van der Waals surface area contributed by atoms with Crippen molar-refractivity contribution in [2.45, 2.75) is 11.8 Å². The number of sulfonamides is 1. The lowest BCUT2D eigenvalue weighted by Gasteiger charge is -2.26. The third-order valence-corrected chi connectivity index (χ3v) is 7.32. The highest BCUT2D eigenvalue weighted by atomic mass is 35.5. The monoisotopic (exact) mass is 549 g/mol. The fraction of sp³-hybridized carbons (Fsp3) is 0.208. The molecule has 0 aromatic heterocycles. The molecule has 0 aliphatic rings. The van der Waals surface area contributed by atoms with E-state index in [4.69, 9.17) is 25.8 Å². The Morgan fingerprint density at radius 2 is 1.62 bits per heavy atom. The quantitative estimate of drug-likeness (QED) is 0.290. The van der Waals surface area contributed by atoms with Gasteiger partial charge in [-0.1, -0.05) is 17.7 Å². The minimum Gasteiger partial charge on any atom is -0.495 e. The van der Waals surface area contributed by atoms with Gasteiger partial charge in [-0.25, -0.2) is 8.42 Å². The third kappa shape index (κ3) is 6.04. The molecule has 0 spiro atoms. The topological polar surface area (TPSA) is 137 Å². The molecule has 0 radical (unpaired) electrons. The van der Waals surface area contributed by atoms with E-state index >= 15 is 0 Å². The predicted octanol–water partition coefficient (Wildman–Crippen LogP) is 4.42. The molecule has 0 heterocycles. The first kappa shape index (κ1) is 27.6. The summed E-state index contributed by atoms with van der Waals surface area (Å²) in [6.45, 7) is 0.790. The Morgan fingerprint density at radius 1 is 0.973 bits per heavy atom. The summed E-state index contributed by atoms with van der Waals surface area (Å²) in [5.74, 6) is 0.204. The second-order valence-corrected chi connectivity index (χ2v) is 9.95. The number of halogens is 1. The van der Waals surface area contributed by atoms with Crippen molar-refractivity contribution in [1.29, 1.82) is 0 Å². The number of nitro groups is 1. The van der Waals surface area contributed by atoms with Crippen molar-refractivity contribution in [3.8, 4) is 17.2 Å². The lowest BCUT2D eigenvalue weighted by Crippen LogP contribution is -2.38. The van der Waals surface area contributed by atoms with Gasteiger partial charge in [0.1, 0.15) is 12.3 Å². The number of hydrogen-bond acceptors (Lipinski definition) is 8. The van der Waals surface area contributed by atoms with Crippen LogP contribution in [0, 0.1) is 17.0 Å². The Bertz CT molecular complexity index is 1450. The van der Waals surface area contributed by atoms with E-state index in [1.165, 1.54) is 64.7 Å². The van der Waals surface area contributed by atoms with E-state index in [9.17, 15) is 23.3 Å². The molecule has 0 bridgehead atoms. The van der Waals surface area contributed by atoms with Gasteiger partial charge in [-0.2, -0.15) is 0 Å². The third-order valence-electron chi connectivity index (χ3n) is 5.33. The summed E-state index contributed by atoms with van der Waals surface area (Å²) in [5.41, 5.74) is 0.195. The molecule has 1 N–H and O–H groups in total. The van der Waals surface area contributed by atoms with Crippen LogP contribution in [0.4, 0.5) is 17.1 Å². The zero-order valence-corrected chi connectivity index (χ0v) is 21.9. The molecule has 0 saturated heterocycles. The molecule has 1 amide bonds. The Kier molecular flexibility index (Phi) is 8.46. The van der Waals surface area contributed by atoms with Crippen LogP contribution in [0.5, 0.6) is 17.2 Å². The molecular formula is C24H24ClN3O8S. The molecule has 0 aliphatic heterocycles. The summed E-state index contributed by atoms with van der Waals surface area (Å²) in [6, 6.07) is 12.4. The van der Waals surface area contributed by atoms with Crippen molar-refractivity contribution in [3.05, 3.63) is 75.3 Å². The number of carbonyl (C=O) groups excluding carboxylic acids is 1. The number of carbonyl (C=O) groups is 1. The van der Waals surface area contributed by atoms with Gasteiger partial charge in [-0.15, -0.1) is 0 Å². The Morgan fingerprint density at radius 3 is 2.24 bits per heavy atom. The number of nitrogens with zero attached hydrogens (tertiary/aromatic N) is 2. The molecule has 3 aromatic rings. The van der Waals surface area contributed by atoms with Crippen molar-refractivity contribution >= 4 is 44.6 Å².